The van der Waals surface area contributed by atoms with Gasteiger partial charge in [-0.25, -0.2) is 8.78 Å². The maximum Gasteiger partial charge on any atom is 0.254 e. The van der Waals surface area contributed by atoms with E-state index < -0.39 is 17.7 Å². The van der Waals surface area contributed by atoms with Crippen LogP contribution in [-0.4, -0.2) is 40.0 Å². The minimum absolute atomic E-state index is 0.0448. The number of aromatic nitrogens is 2. The predicted molar refractivity (Wildman–Crippen MR) is 78.1 cm³/mol. The first kappa shape index (κ1) is 16.9. The fourth-order valence-electron chi connectivity index (χ4n) is 1.95. The molecule has 2 rings (SSSR count). The Kier molecular flexibility index (Phi) is 5.28. The Morgan fingerprint density at radius 3 is 2.78 bits per heavy atom. The number of aliphatic hydroxyl groups is 1. The van der Waals surface area contributed by atoms with Crippen LogP contribution in [0.1, 0.15) is 16.1 Å². The Morgan fingerprint density at radius 2 is 2.17 bits per heavy atom. The molecule has 1 heterocycles. The number of carbonyl (C=O) groups excluding carboxylic acids is 1. The van der Waals surface area contributed by atoms with Crippen molar-refractivity contribution in [2.45, 2.75) is 13.0 Å². The lowest BCUT2D eigenvalue weighted by atomic mass is 10.2. The summed E-state index contributed by atoms with van der Waals surface area (Å²) in [7, 11) is 1.70. The molecule has 1 unspecified atom stereocenters. The zero-order valence-electron chi connectivity index (χ0n) is 12.7. The summed E-state index contributed by atoms with van der Waals surface area (Å²) in [5.41, 5.74) is 0.999. The summed E-state index contributed by atoms with van der Waals surface area (Å²) in [6.45, 7) is 1.49. The number of aliphatic hydroxyl groups excluding tert-OH is 1. The van der Waals surface area contributed by atoms with Crippen LogP contribution >= 0.6 is 0 Å². The van der Waals surface area contributed by atoms with E-state index in [9.17, 15) is 18.7 Å². The second-order valence-corrected chi connectivity index (χ2v) is 5.05. The number of hydrogen-bond donors (Lipinski definition) is 2. The monoisotopic (exact) mass is 325 g/mol. The van der Waals surface area contributed by atoms with Crippen molar-refractivity contribution in [3.8, 4) is 5.75 Å². The van der Waals surface area contributed by atoms with Gasteiger partial charge in [-0.2, -0.15) is 5.10 Å². The molecule has 1 atom stereocenters. The molecule has 8 heteroatoms. The quantitative estimate of drug-likeness (QED) is 0.836. The van der Waals surface area contributed by atoms with Crippen LogP contribution in [0, 0.1) is 18.6 Å². The van der Waals surface area contributed by atoms with E-state index in [2.05, 4.69) is 10.4 Å². The normalized spacial score (nSPS) is 12.0. The Morgan fingerprint density at radius 1 is 1.43 bits per heavy atom. The molecule has 6 nitrogen and oxygen atoms in total. The van der Waals surface area contributed by atoms with Gasteiger partial charge in [0.05, 0.1) is 11.3 Å². The number of amides is 1. The number of carbonyl (C=O) groups is 1. The molecule has 0 aliphatic heterocycles. The highest BCUT2D eigenvalue weighted by Crippen LogP contribution is 2.15. The first-order valence-electron chi connectivity index (χ1n) is 6.91. The summed E-state index contributed by atoms with van der Waals surface area (Å²) in [6, 6.07) is 3.08. The summed E-state index contributed by atoms with van der Waals surface area (Å²) in [6.07, 6.45) is 0.582. The number of rotatable bonds is 6. The van der Waals surface area contributed by atoms with Gasteiger partial charge in [-0.05, 0) is 19.1 Å². The molecule has 0 bridgehead atoms. The fraction of sp³-hybridized carbons (Fsp3) is 0.333. The number of ether oxygens (including phenoxy) is 1. The van der Waals surface area contributed by atoms with Gasteiger partial charge in [0.1, 0.15) is 18.5 Å². The van der Waals surface area contributed by atoms with Crippen molar-refractivity contribution in [1.82, 2.24) is 15.1 Å². The van der Waals surface area contributed by atoms with Crippen LogP contribution < -0.4 is 10.1 Å². The Labute approximate surface area is 131 Å². The zero-order valence-corrected chi connectivity index (χ0v) is 12.7. The molecular weight excluding hydrogens is 308 g/mol. The molecule has 0 aliphatic rings. The first-order chi connectivity index (χ1) is 10.9. The van der Waals surface area contributed by atoms with Gasteiger partial charge in [0, 0.05) is 25.9 Å². The summed E-state index contributed by atoms with van der Waals surface area (Å²) in [5.74, 6) is -2.27. The van der Waals surface area contributed by atoms with Gasteiger partial charge < -0.3 is 15.2 Å². The lowest BCUT2D eigenvalue weighted by Gasteiger charge is -2.13. The largest absolute Gasteiger partial charge is 0.491 e. The first-order valence-corrected chi connectivity index (χ1v) is 6.91. The molecule has 0 saturated heterocycles. The maximum absolute atomic E-state index is 13.0. The number of nitrogens with zero attached hydrogens (tertiary/aromatic N) is 2. The van der Waals surface area contributed by atoms with Crippen LogP contribution in [0.2, 0.25) is 0 Å². The highest BCUT2D eigenvalue weighted by Gasteiger charge is 2.14. The van der Waals surface area contributed by atoms with E-state index in [4.69, 9.17) is 4.74 Å². The lowest BCUT2D eigenvalue weighted by Crippen LogP contribution is -2.35. The molecule has 124 valence electrons. The van der Waals surface area contributed by atoms with E-state index in [0.717, 1.165) is 12.1 Å². The highest BCUT2D eigenvalue weighted by molar-refractivity contribution is 5.94. The molecule has 23 heavy (non-hydrogen) atoms. The van der Waals surface area contributed by atoms with Crippen LogP contribution in [0.4, 0.5) is 8.78 Å². The molecule has 1 amide bonds. The number of aryl methyl sites for hydroxylation is 2. The number of nitrogens with one attached hydrogen (secondary N) is 1. The minimum atomic E-state index is -1.03. The van der Waals surface area contributed by atoms with Gasteiger partial charge in [-0.15, -0.1) is 0 Å². The van der Waals surface area contributed by atoms with E-state index in [0.29, 0.717) is 11.3 Å². The van der Waals surface area contributed by atoms with E-state index in [1.54, 1.807) is 20.2 Å². The molecular formula is C15H17F2N3O3. The Balaban J connectivity index is 1.80. The van der Waals surface area contributed by atoms with Crippen LogP contribution in [-0.2, 0) is 7.05 Å². The van der Waals surface area contributed by atoms with Gasteiger partial charge in [0.25, 0.3) is 5.91 Å². The third kappa shape index (κ3) is 4.49. The standard InChI is InChI=1S/C15H17F2N3O3/c1-9-12(7-20(2)19-9)15(22)18-6-10(21)8-23-11-3-4-13(16)14(17)5-11/h3-5,7,10,21H,6,8H2,1-2H3,(H,18,22). The van der Waals surface area contributed by atoms with E-state index in [-0.39, 0.29) is 24.8 Å². The molecule has 1 aromatic carbocycles. The van der Waals surface area contributed by atoms with Crippen molar-refractivity contribution in [2.75, 3.05) is 13.2 Å². The predicted octanol–water partition coefficient (Wildman–Crippen LogP) is 1.18. The number of hydrogen-bond acceptors (Lipinski definition) is 4. The maximum atomic E-state index is 13.0. The third-order valence-corrected chi connectivity index (χ3v) is 3.09. The van der Waals surface area contributed by atoms with Crippen molar-refractivity contribution in [1.29, 1.82) is 0 Å². The number of halogens is 2. The number of benzene rings is 1. The summed E-state index contributed by atoms with van der Waals surface area (Å²) in [5, 5.41) is 16.4. The molecule has 2 N–H and O–H groups in total. The van der Waals surface area contributed by atoms with Crippen molar-refractivity contribution in [3.63, 3.8) is 0 Å². The molecule has 0 spiro atoms. The van der Waals surface area contributed by atoms with Gasteiger partial charge in [-0.3, -0.25) is 9.48 Å². The van der Waals surface area contributed by atoms with Crippen LogP contribution in [0.25, 0.3) is 0 Å². The molecule has 0 aliphatic carbocycles. The molecule has 0 radical (unpaired) electrons. The minimum Gasteiger partial charge on any atom is -0.491 e. The van der Waals surface area contributed by atoms with Crippen molar-refractivity contribution in [3.05, 3.63) is 47.3 Å². The third-order valence-electron chi connectivity index (χ3n) is 3.09. The second kappa shape index (κ2) is 7.19. The van der Waals surface area contributed by atoms with Gasteiger partial charge in [0.2, 0.25) is 0 Å². The topological polar surface area (TPSA) is 76.4 Å². The van der Waals surface area contributed by atoms with Crippen molar-refractivity contribution in [2.24, 2.45) is 7.05 Å². The molecule has 2 aromatic rings. The molecule has 1 aromatic heterocycles. The van der Waals surface area contributed by atoms with Crippen molar-refractivity contribution < 1.29 is 23.4 Å². The Bertz CT molecular complexity index is 703. The summed E-state index contributed by atoms with van der Waals surface area (Å²) < 4.78 is 32.4. The fourth-order valence-corrected chi connectivity index (χ4v) is 1.95. The van der Waals surface area contributed by atoms with Crippen LogP contribution in [0.3, 0.4) is 0 Å². The SMILES string of the molecule is Cc1nn(C)cc1C(=O)NCC(O)COc1ccc(F)c(F)c1. The molecule has 0 fully saturated rings. The van der Waals surface area contributed by atoms with Gasteiger partial charge >= 0.3 is 0 Å². The average molecular weight is 325 g/mol. The van der Waals surface area contributed by atoms with Crippen LogP contribution in [0.15, 0.2) is 24.4 Å². The van der Waals surface area contributed by atoms with E-state index >= 15 is 0 Å². The zero-order chi connectivity index (χ0) is 17.0. The van der Waals surface area contributed by atoms with Gasteiger partial charge in [0.15, 0.2) is 11.6 Å². The smallest absolute Gasteiger partial charge is 0.254 e. The lowest BCUT2D eigenvalue weighted by molar-refractivity contribution is 0.0842. The Hall–Kier alpha value is -2.48. The molecule has 0 saturated carbocycles. The van der Waals surface area contributed by atoms with Gasteiger partial charge in [-0.1, -0.05) is 0 Å². The summed E-state index contributed by atoms with van der Waals surface area (Å²) in [4.78, 5) is 11.9. The summed E-state index contributed by atoms with van der Waals surface area (Å²) >= 11 is 0. The second-order valence-electron chi connectivity index (χ2n) is 5.05. The van der Waals surface area contributed by atoms with E-state index in [1.165, 1.54) is 10.7 Å². The van der Waals surface area contributed by atoms with E-state index in [1.807, 2.05) is 0 Å². The van der Waals surface area contributed by atoms with Crippen LogP contribution in [0.5, 0.6) is 5.75 Å². The highest BCUT2D eigenvalue weighted by atomic mass is 19.2. The van der Waals surface area contributed by atoms with Crippen molar-refractivity contribution >= 4 is 5.91 Å². The average Bonchev–Trinajstić information content (AvgIpc) is 2.84.